The monoisotopic (exact) mass is 296 g/mol. The Hall–Kier alpha value is -1.84. The summed E-state index contributed by atoms with van der Waals surface area (Å²) in [6.45, 7) is 0. The molecular formula is C18H20N2O2. The topological polar surface area (TPSA) is 55.0 Å². The van der Waals surface area contributed by atoms with Crippen molar-refractivity contribution in [2.45, 2.75) is 38.5 Å². The number of hydrogen-bond acceptors (Lipinski definition) is 3. The van der Waals surface area contributed by atoms with Gasteiger partial charge in [0.1, 0.15) is 5.75 Å². The van der Waals surface area contributed by atoms with Gasteiger partial charge in [0.15, 0.2) is 0 Å². The van der Waals surface area contributed by atoms with Gasteiger partial charge in [0, 0.05) is 6.07 Å². The summed E-state index contributed by atoms with van der Waals surface area (Å²) in [6.07, 6.45) is 8.82. The predicted octanol–water partition coefficient (Wildman–Crippen LogP) is 3.68. The number of aromatic nitrogens is 2. The Morgan fingerprint density at radius 2 is 1.82 bits per heavy atom. The molecule has 22 heavy (non-hydrogen) atoms. The molecule has 6 rings (SSSR count). The molecule has 0 saturated heterocycles. The van der Waals surface area contributed by atoms with Crippen molar-refractivity contribution in [1.82, 2.24) is 9.97 Å². The van der Waals surface area contributed by atoms with E-state index in [4.69, 9.17) is 4.74 Å². The van der Waals surface area contributed by atoms with Gasteiger partial charge in [-0.05, 0) is 68.4 Å². The van der Waals surface area contributed by atoms with E-state index >= 15 is 0 Å². The summed E-state index contributed by atoms with van der Waals surface area (Å²) < 4.78 is 5.79. The highest BCUT2D eigenvalue weighted by atomic mass is 16.5. The lowest BCUT2D eigenvalue weighted by Gasteiger charge is -2.55. The van der Waals surface area contributed by atoms with Crippen LogP contribution in [0.5, 0.6) is 5.75 Å². The van der Waals surface area contributed by atoms with Crippen molar-refractivity contribution in [3.05, 3.63) is 24.5 Å². The molecule has 114 valence electrons. The molecular weight excluding hydrogens is 276 g/mol. The van der Waals surface area contributed by atoms with Gasteiger partial charge in [-0.3, -0.25) is 4.79 Å². The predicted molar refractivity (Wildman–Crippen MR) is 82.3 cm³/mol. The minimum Gasteiger partial charge on any atom is -0.426 e. The maximum atomic E-state index is 12.9. The van der Waals surface area contributed by atoms with E-state index in [-0.39, 0.29) is 11.4 Å². The quantitative estimate of drug-likeness (QED) is 0.679. The number of imidazole rings is 1. The summed E-state index contributed by atoms with van der Waals surface area (Å²) in [5.74, 6) is 2.92. The lowest BCUT2D eigenvalue weighted by molar-refractivity contribution is -0.161. The number of esters is 1. The van der Waals surface area contributed by atoms with Crippen LogP contribution >= 0.6 is 0 Å². The van der Waals surface area contributed by atoms with Gasteiger partial charge in [0.05, 0.1) is 22.8 Å². The summed E-state index contributed by atoms with van der Waals surface area (Å²) in [6, 6.07) is 5.62. The van der Waals surface area contributed by atoms with Gasteiger partial charge < -0.3 is 9.72 Å². The van der Waals surface area contributed by atoms with Crippen molar-refractivity contribution in [2.24, 2.45) is 23.2 Å². The molecule has 0 radical (unpaired) electrons. The van der Waals surface area contributed by atoms with E-state index in [9.17, 15) is 4.79 Å². The molecule has 4 nitrogen and oxygen atoms in total. The smallest absolute Gasteiger partial charge is 0.317 e. The van der Waals surface area contributed by atoms with Crippen LogP contribution in [0.2, 0.25) is 0 Å². The fourth-order valence-electron chi connectivity index (χ4n) is 5.55. The summed E-state index contributed by atoms with van der Waals surface area (Å²) in [4.78, 5) is 20.2. The molecule has 4 bridgehead atoms. The maximum absolute atomic E-state index is 12.9. The van der Waals surface area contributed by atoms with E-state index in [0.717, 1.165) is 48.0 Å². The minimum atomic E-state index is -0.197. The zero-order valence-corrected chi connectivity index (χ0v) is 12.5. The summed E-state index contributed by atoms with van der Waals surface area (Å²) in [5.41, 5.74) is 1.61. The van der Waals surface area contributed by atoms with E-state index in [1.54, 1.807) is 6.33 Å². The van der Waals surface area contributed by atoms with Crippen molar-refractivity contribution in [3.8, 4) is 5.75 Å². The van der Waals surface area contributed by atoms with Gasteiger partial charge in [-0.2, -0.15) is 0 Å². The highest BCUT2D eigenvalue weighted by Crippen LogP contribution is 2.60. The van der Waals surface area contributed by atoms with Crippen molar-refractivity contribution < 1.29 is 9.53 Å². The molecule has 4 aliphatic rings. The Kier molecular flexibility index (Phi) is 2.50. The Labute approximate surface area is 129 Å². The van der Waals surface area contributed by atoms with Crippen LogP contribution in [0.3, 0.4) is 0 Å². The molecule has 4 saturated carbocycles. The molecule has 0 unspecified atom stereocenters. The summed E-state index contributed by atoms with van der Waals surface area (Å²) in [7, 11) is 0. The first-order valence-corrected chi connectivity index (χ1v) is 8.36. The van der Waals surface area contributed by atoms with E-state index < -0.39 is 0 Å². The Balaban J connectivity index is 1.42. The van der Waals surface area contributed by atoms with Crippen molar-refractivity contribution in [3.63, 3.8) is 0 Å². The second kappa shape index (κ2) is 4.34. The van der Waals surface area contributed by atoms with Crippen LogP contribution in [-0.4, -0.2) is 15.9 Å². The number of aromatic amines is 1. The van der Waals surface area contributed by atoms with Gasteiger partial charge in [-0.15, -0.1) is 0 Å². The largest absolute Gasteiger partial charge is 0.426 e. The van der Waals surface area contributed by atoms with Gasteiger partial charge >= 0.3 is 5.97 Å². The van der Waals surface area contributed by atoms with Gasteiger partial charge in [0.2, 0.25) is 0 Å². The van der Waals surface area contributed by atoms with Crippen LogP contribution < -0.4 is 4.74 Å². The number of nitrogens with zero attached hydrogens (tertiary/aromatic N) is 1. The van der Waals surface area contributed by atoms with E-state index in [1.807, 2.05) is 18.2 Å². The first-order valence-electron chi connectivity index (χ1n) is 8.36. The van der Waals surface area contributed by atoms with Gasteiger partial charge in [-0.1, -0.05) is 0 Å². The number of carbonyl (C=O) groups is 1. The second-order valence-corrected chi connectivity index (χ2v) is 7.67. The molecule has 0 aliphatic heterocycles. The average molecular weight is 296 g/mol. The molecule has 1 aromatic carbocycles. The number of ether oxygens (including phenoxy) is 1. The number of fused-ring (bicyclic) bond motifs is 1. The lowest BCUT2D eigenvalue weighted by Crippen LogP contribution is -2.51. The fraction of sp³-hybridized carbons (Fsp3) is 0.556. The third-order valence-corrected chi connectivity index (χ3v) is 6.07. The Morgan fingerprint density at radius 3 is 2.50 bits per heavy atom. The maximum Gasteiger partial charge on any atom is 0.317 e. The number of nitrogens with one attached hydrogen (secondary N) is 1. The van der Waals surface area contributed by atoms with Crippen molar-refractivity contribution >= 4 is 17.0 Å². The van der Waals surface area contributed by atoms with E-state index in [1.165, 1.54) is 19.3 Å². The van der Waals surface area contributed by atoms with Crippen molar-refractivity contribution in [1.29, 1.82) is 0 Å². The Bertz CT molecular complexity index is 713. The van der Waals surface area contributed by atoms with E-state index in [0.29, 0.717) is 5.75 Å². The highest BCUT2D eigenvalue weighted by molar-refractivity contribution is 5.82. The molecule has 1 heterocycles. The first-order chi connectivity index (χ1) is 10.7. The van der Waals surface area contributed by atoms with E-state index in [2.05, 4.69) is 9.97 Å². The molecule has 4 heteroatoms. The van der Waals surface area contributed by atoms with Gasteiger partial charge in [-0.25, -0.2) is 4.98 Å². The molecule has 0 amide bonds. The zero-order valence-electron chi connectivity index (χ0n) is 12.5. The lowest BCUT2D eigenvalue weighted by atomic mass is 9.49. The normalized spacial score (nSPS) is 35.9. The zero-order chi connectivity index (χ0) is 14.7. The Morgan fingerprint density at radius 1 is 1.14 bits per heavy atom. The van der Waals surface area contributed by atoms with Crippen LogP contribution in [-0.2, 0) is 4.79 Å². The first kappa shape index (κ1) is 12.7. The molecule has 1 aromatic heterocycles. The minimum absolute atomic E-state index is 0.00506. The highest BCUT2D eigenvalue weighted by Gasteiger charge is 2.55. The molecule has 4 fully saturated rings. The van der Waals surface area contributed by atoms with Gasteiger partial charge in [0.25, 0.3) is 0 Å². The SMILES string of the molecule is O=C(Oc1ccc2nc[nH]c2c1)C12CC3CC(CC(C3)C1)C2. The number of benzene rings is 1. The number of carbonyl (C=O) groups excluding carboxylic acids is 1. The molecule has 0 spiro atoms. The molecule has 4 aliphatic carbocycles. The number of H-pyrrole nitrogens is 1. The summed E-state index contributed by atoms with van der Waals surface area (Å²) >= 11 is 0. The van der Waals surface area contributed by atoms with Crippen LogP contribution in [0.15, 0.2) is 24.5 Å². The molecule has 2 aromatic rings. The number of hydrogen-bond donors (Lipinski definition) is 1. The molecule has 1 N–H and O–H groups in total. The van der Waals surface area contributed by atoms with Crippen LogP contribution in [0, 0.1) is 23.2 Å². The second-order valence-electron chi connectivity index (χ2n) is 7.67. The third-order valence-electron chi connectivity index (χ3n) is 6.07. The fourth-order valence-corrected chi connectivity index (χ4v) is 5.55. The molecule has 0 atom stereocenters. The third kappa shape index (κ3) is 1.82. The van der Waals surface area contributed by atoms with Crippen LogP contribution in [0.1, 0.15) is 38.5 Å². The standard InChI is InChI=1S/C18H20N2O2/c21-17(22-14-1-2-15-16(6-14)20-10-19-15)18-7-11-3-12(8-18)5-13(4-11)9-18/h1-2,6,10-13H,3-5,7-9H2,(H,19,20). The summed E-state index contributed by atoms with van der Waals surface area (Å²) in [5, 5.41) is 0. The van der Waals surface area contributed by atoms with Crippen LogP contribution in [0.4, 0.5) is 0 Å². The number of rotatable bonds is 2. The van der Waals surface area contributed by atoms with Crippen LogP contribution in [0.25, 0.3) is 11.0 Å². The average Bonchev–Trinajstić information content (AvgIpc) is 2.93. The van der Waals surface area contributed by atoms with Crippen molar-refractivity contribution in [2.75, 3.05) is 0 Å².